The number of hydrogen-bond donors (Lipinski definition) is 9. The third-order valence-corrected chi connectivity index (χ3v) is 5.84. The lowest BCUT2D eigenvalue weighted by Gasteiger charge is -2.24. The van der Waals surface area contributed by atoms with Crippen LogP contribution in [0.4, 0.5) is 0 Å². The number of carboxylic acids is 2. The molecule has 1 aromatic heterocycles. The van der Waals surface area contributed by atoms with E-state index in [1.807, 2.05) is 24.3 Å². The molecule has 0 aliphatic heterocycles. The number of nitrogens with two attached hydrogens (primary N) is 2. The van der Waals surface area contributed by atoms with E-state index in [0.717, 1.165) is 16.5 Å². The standard InChI is InChI=1S/C24H32N6O9/c25-14(9-12-10-27-15-4-2-1-3-13(12)15)21(35)30-18(11-31)23(37)28-16(6-8-20(33)34)22(36)29-17(24(38)39)5-7-19(26)32/h1-4,10,14,16-18,27,31H,5-9,11,25H2,(H2,26,32)(H,28,37)(H,29,36)(H,30,35)(H,33,34)(H,38,39). The number of hydrogen-bond acceptors (Lipinski definition) is 8. The van der Waals surface area contributed by atoms with E-state index in [0.29, 0.717) is 0 Å². The van der Waals surface area contributed by atoms with Crippen LogP contribution in [0, 0.1) is 0 Å². The highest BCUT2D eigenvalue weighted by Crippen LogP contribution is 2.18. The first-order chi connectivity index (χ1) is 18.4. The maximum atomic E-state index is 12.8. The van der Waals surface area contributed by atoms with Gasteiger partial charge in [-0.15, -0.1) is 0 Å². The van der Waals surface area contributed by atoms with Crippen LogP contribution < -0.4 is 27.4 Å². The minimum Gasteiger partial charge on any atom is -0.481 e. The van der Waals surface area contributed by atoms with Crippen molar-refractivity contribution in [3.05, 3.63) is 36.0 Å². The zero-order valence-corrected chi connectivity index (χ0v) is 20.9. The van der Waals surface area contributed by atoms with Crippen LogP contribution in [0.2, 0.25) is 0 Å². The van der Waals surface area contributed by atoms with E-state index in [-0.39, 0.29) is 19.3 Å². The van der Waals surface area contributed by atoms with Crippen LogP contribution in [0.5, 0.6) is 0 Å². The molecule has 2 aromatic rings. The van der Waals surface area contributed by atoms with Gasteiger partial charge in [0.15, 0.2) is 0 Å². The Kier molecular flexibility index (Phi) is 11.4. The molecule has 0 radical (unpaired) electrons. The maximum Gasteiger partial charge on any atom is 0.326 e. The molecule has 39 heavy (non-hydrogen) atoms. The predicted octanol–water partition coefficient (Wildman–Crippen LogP) is -2.30. The summed E-state index contributed by atoms with van der Waals surface area (Å²) < 4.78 is 0. The van der Waals surface area contributed by atoms with Gasteiger partial charge in [-0.05, 0) is 30.9 Å². The van der Waals surface area contributed by atoms with Crippen LogP contribution >= 0.6 is 0 Å². The topological polar surface area (TPSA) is 267 Å². The van der Waals surface area contributed by atoms with Crippen molar-refractivity contribution in [1.29, 1.82) is 0 Å². The summed E-state index contributed by atoms with van der Waals surface area (Å²) in [7, 11) is 0. The van der Waals surface area contributed by atoms with E-state index in [9.17, 15) is 39.0 Å². The number of amides is 4. The highest BCUT2D eigenvalue weighted by Gasteiger charge is 2.30. The molecule has 0 spiro atoms. The molecule has 4 atom stereocenters. The van der Waals surface area contributed by atoms with E-state index in [1.54, 1.807) is 6.20 Å². The Hall–Kier alpha value is -4.50. The van der Waals surface area contributed by atoms with Gasteiger partial charge in [0.25, 0.3) is 0 Å². The zero-order chi connectivity index (χ0) is 29.1. The number of carbonyl (C=O) groups excluding carboxylic acids is 4. The largest absolute Gasteiger partial charge is 0.481 e. The van der Waals surface area contributed by atoms with Crippen LogP contribution in [0.3, 0.4) is 0 Å². The minimum absolute atomic E-state index is 0.112. The fourth-order valence-corrected chi connectivity index (χ4v) is 3.73. The van der Waals surface area contributed by atoms with Crippen molar-refractivity contribution in [1.82, 2.24) is 20.9 Å². The monoisotopic (exact) mass is 548 g/mol. The molecule has 1 heterocycles. The summed E-state index contributed by atoms with van der Waals surface area (Å²) in [5, 5.41) is 35.5. The summed E-state index contributed by atoms with van der Waals surface area (Å²) in [4.78, 5) is 74.7. The van der Waals surface area contributed by atoms with Gasteiger partial charge in [-0.25, -0.2) is 4.79 Å². The fourth-order valence-electron chi connectivity index (χ4n) is 3.73. The van der Waals surface area contributed by atoms with Crippen molar-refractivity contribution in [3.8, 4) is 0 Å². The Bertz CT molecular complexity index is 1210. The van der Waals surface area contributed by atoms with Gasteiger partial charge in [0, 0.05) is 29.9 Å². The van der Waals surface area contributed by atoms with Gasteiger partial charge in [-0.2, -0.15) is 0 Å². The third kappa shape index (κ3) is 9.39. The fraction of sp³-hybridized carbons (Fsp3) is 0.417. The number of H-pyrrole nitrogens is 1. The Labute approximate surface area is 222 Å². The first kappa shape index (κ1) is 30.7. The second-order valence-corrected chi connectivity index (χ2v) is 8.81. The molecule has 4 unspecified atom stereocenters. The number of aromatic nitrogens is 1. The van der Waals surface area contributed by atoms with E-state index in [1.165, 1.54) is 0 Å². The van der Waals surface area contributed by atoms with Gasteiger partial charge in [0.05, 0.1) is 12.6 Å². The van der Waals surface area contributed by atoms with Crippen LogP contribution in [0.25, 0.3) is 10.9 Å². The molecule has 0 fully saturated rings. The minimum atomic E-state index is -1.54. The van der Waals surface area contributed by atoms with Gasteiger partial charge in [0.2, 0.25) is 23.6 Å². The van der Waals surface area contributed by atoms with Gasteiger partial charge in [-0.1, -0.05) is 18.2 Å². The van der Waals surface area contributed by atoms with Crippen molar-refractivity contribution in [2.45, 2.75) is 56.3 Å². The van der Waals surface area contributed by atoms with Crippen molar-refractivity contribution >= 4 is 46.5 Å². The molecule has 0 aliphatic rings. The molecule has 15 nitrogen and oxygen atoms in total. The first-order valence-corrected chi connectivity index (χ1v) is 12.0. The average molecular weight is 549 g/mol. The number of aliphatic hydroxyl groups is 1. The summed E-state index contributed by atoms with van der Waals surface area (Å²) >= 11 is 0. The van der Waals surface area contributed by atoms with Crippen molar-refractivity contribution in [3.63, 3.8) is 0 Å². The number of aliphatic carboxylic acids is 2. The summed E-state index contributed by atoms with van der Waals surface area (Å²) in [6, 6.07) is 1.65. The van der Waals surface area contributed by atoms with Gasteiger partial charge in [-0.3, -0.25) is 24.0 Å². The van der Waals surface area contributed by atoms with E-state index in [4.69, 9.17) is 16.6 Å². The molecule has 4 amide bonds. The summed E-state index contributed by atoms with van der Waals surface area (Å²) in [5.41, 5.74) is 12.6. The Balaban J connectivity index is 2.06. The third-order valence-electron chi connectivity index (χ3n) is 5.84. The highest BCUT2D eigenvalue weighted by atomic mass is 16.4. The van der Waals surface area contributed by atoms with Crippen LogP contribution in [0.15, 0.2) is 30.5 Å². The Morgan fingerprint density at radius 3 is 2.05 bits per heavy atom. The van der Waals surface area contributed by atoms with E-state index >= 15 is 0 Å². The Morgan fingerprint density at radius 1 is 0.846 bits per heavy atom. The summed E-state index contributed by atoms with van der Waals surface area (Å²) in [5.74, 6) is -6.40. The first-order valence-electron chi connectivity index (χ1n) is 12.0. The molecular formula is C24H32N6O9. The van der Waals surface area contributed by atoms with Crippen molar-refractivity contribution in [2.24, 2.45) is 11.5 Å². The molecule has 0 saturated heterocycles. The molecular weight excluding hydrogens is 516 g/mol. The highest BCUT2D eigenvalue weighted by molar-refractivity contribution is 5.94. The van der Waals surface area contributed by atoms with Gasteiger partial charge in [0.1, 0.15) is 18.1 Å². The van der Waals surface area contributed by atoms with Crippen molar-refractivity contribution < 1.29 is 44.1 Å². The number of nitrogens with one attached hydrogen (secondary N) is 4. The average Bonchev–Trinajstić information content (AvgIpc) is 3.29. The van der Waals surface area contributed by atoms with Crippen LogP contribution in [0.1, 0.15) is 31.2 Å². The lowest BCUT2D eigenvalue weighted by molar-refractivity contribution is -0.143. The van der Waals surface area contributed by atoms with Crippen LogP contribution in [-0.4, -0.2) is 86.6 Å². The molecule has 0 bridgehead atoms. The number of carbonyl (C=O) groups is 6. The zero-order valence-electron chi connectivity index (χ0n) is 20.9. The number of para-hydroxylation sites is 1. The second kappa shape index (κ2) is 14.4. The summed E-state index contributed by atoms with van der Waals surface area (Å²) in [6.45, 7) is -0.874. The normalized spacial score (nSPS) is 14.0. The SMILES string of the molecule is NC(=O)CCC(NC(=O)C(CCC(=O)O)NC(=O)C(CO)NC(=O)C(N)Cc1c[nH]c2ccccc12)C(=O)O. The Morgan fingerprint density at radius 2 is 1.44 bits per heavy atom. The quantitative estimate of drug-likeness (QED) is 0.108. The summed E-state index contributed by atoms with van der Waals surface area (Å²) in [6.07, 6.45) is 0.138. The molecule has 212 valence electrons. The molecule has 1 aromatic carbocycles. The maximum absolute atomic E-state index is 12.8. The van der Waals surface area contributed by atoms with E-state index in [2.05, 4.69) is 20.9 Å². The number of aliphatic hydroxyl groups excluding tert-OH is 1. The molecule has 0 aliphatic carbocycles. The smallest absolute Gasteiger partial charge is 0.326 e. The van der Waals surface area contributed by atoms with Gasteiger partial charge < -0.3 is 47.7 Å². The lowest BCUT2D eigenvalue weighted by Crippen LogP contribution is -2.58. The predicted molar refractivity (Wildman–Crippen MR) is 136 cm³/mol. The molecule has 11 N–H and O–H groups in total. The van der Waals surface area contributed by atoms with Gasteiger partial charge >= 0.3 is 11.9 Å². The van der Waals surface area contributed by atoms with Crippen molar-refractivity contribution in [2.75, 3.05) is 6.61 Å². The van der Waals surface area contributed by atoms with E-state index < -0.39 is 79.2 Å². The number of aromatic amines is 1. The number of rotatable bonds is 16. The molecule has 0 saturated carbocycles. The number of carboxylic acid groups (broad SMARTS) is 2. The molecule has 2 rings (SSSR count). The lowest BCUT2D eigenvalue weighted by atomic mass is 10.0. The number of fused-ring (bicyclic) bond motifs is 1. The van der Waals surface area contributed by atoms with Crippen LogP contribution in [-0.2, 0) is 35.2 Å². The second-order valence-electron chi connectivity index (χ2n) is 8.81. The number of benzene rings is 1. The molecule has 15 heteroatoms. The number of primary amides is 1.